The monoisotopic (exact) mass is 445 g/mol. The van der Waals surface area contributed by atoms with Crippen molar-refractivity contribution in [3.63, 3.8) is 0 Å². The van der Waals surface area contributed by atoms with Crippen molar-refractivity contribution in [1.29, 1.82) is 0 Å². The lowest BCUT2D eigenvalue weighted by molar-refractivity contribution is -0.128. The summed E-state index contributed by atoms with van der Waals surface area (Å²) in [6, 6.07) is 19.3. The minimum atomic E-state index is -0.520. The third kappa shape index (κ3) is 5.34. The van der Waals surface area contributed by atoms with Gasteiger partial charge in [-0.05, 0) is 56.7 Å². The van der Waals surface area contributed by atoms with Gasteiger partial charge in [0.2, 0.25) is 5.91 Å². The minimum absolute atomic E-state index is 0.0576. The number of nitrogens with zero attached hydrogens (tertiary/aromatic N) is 2. The Balaban J connectivity index is 1.76. The normalized spacial score (nSPS) is 16.3. The molecule has 0 saturated carbocycles. The maximum atomic E-state index is 13.6. The number of benzene rings is 2. The molecule has 33 heavy (non-hydrogen) atoms. The van der Waals surface area contributed by atoms with E-state index in [1.54, 1.807) is 13.3 Å². The van der Waals surface area contributed by atoms with Crippen molar-refractivity contribution in [3.8, 4) is 22.8 Å². The van der Waals surface area contributed by atoms with Crippen LogP contribution in [0.15, 0.2) is 66.9 Å². The predicted molar refractivity (Wildman–Crippen MR) is 129 cm³/mol. The Labute approximate surface area is 195 Å². The Morgan fingerprint density at radius 3 is 2.67 bits per heavy atom. The molecule has 1 aliphatic rings. The molecule has 2 heterocycles. The molecule has 6 heteroatoms. The molecule has 2 aromatic carbocycles. The first-order valence-corrected chi connectivity index (χ1v) is 11.2. The number of rotatable bonds is 5. The van der Waals surface area contributed by atoms with Gasteiger partial charge in [-0.2, -0.15) is 0 Å². The molecule has 1 aromatic heterocycles. The lowest BCUT2D eigenvalue weighted by atomic mass is 9.98. The van der Waals surface area contributed by atoms with Gasteiger partial charge in [-0.25, -0.2) is 0 Å². The number of aromatic nitrogens is 1. The van der Waals surface area contributed by atoms with Crippen LogP contribution in [0.5, 0.6) is 11.5 Å². The maximum Gasteiger partial charge on any atom is 0.242 e. The molecular weight excluding hydrogens is 414 g/mol. The van der Waals surface area contributed by atoms with Crippen molar-refractivity contribution < 1.29 is 14.3 Å². The first kappa shape index (κ1) is 22.8. The second kappa shape index (κ2) is 9.63. The Morgan fingerprint density at radius 1 is 1.15 bits per heavy atom. The predicted octanol–water partition coefficient (Wildman–Crippen LogP) is 4.61. The van der Waals surface area contributed by atoms with Gasteiger partial charge in [-0.15, -0.1) is 0 Å². The summed E-state index contributed by atoms with van der Waals surface area (Å²) in [6.45, 7) is 7.65. The fourth-order valence-electron chi connectivity index (χ4n) is 4.16. The Bertz CT molecular complexity index is 1110. The number of ether oxygens (including phenoxy) is 2. The smallest absolute Gasteiger partial charge is 0.242 e. The summed E-state index contributed by atoms with van der Waals surface area (Å²) >= 11 is 0. The molecule has 1 amide bonds. The Hall–Kier alpha value is -3.38. The first-order valence-electron chi connectivity index (χ1n) is 11.2. The van der Waals surface area contributed by atoms with Gasteiger partial charge in [0.15, 0.2) is 0 Å². The Morgan fingerprint density at radius 2 is 1.94 bits per heavy atom. The molecule has 0 aliphatic carbocycles. The quantitative estimate of drug-likeness (QED) is 0.622. The van der Waals surface area contributed by atoms with Crippen molar-refractivity contribution in [2.24, 2.45) is 0 Å². The van der Waals surface area contributed by atoms with Crippen LogP contribution in [-0.2, 0) is 11.3 Å². The number of amides is 1. The van der Waals surface area contributed by atoms with Crippen LogP contribution < -0.4 is 14.8 Å². The van der Waals surface area contributed by atoms with Crippen LogP contribution in [0.25, 0.3) is 11.3 Å². The van der Waals surface area contributed by atoms with Gasteiger partial charge in [-0.3, -0.25) is 14.7 Å². The summed E-state index contributed by atoms with van der Waals surface area (Å²) in [5.41, 5.74) is 3.53. The molecular formula is C27H31N3O3. The second-order valence-corrected chi connectivity index (χ2v) is 9.24. The molecule has 0 bridgehead atoms. The SMILES string of the molecule is COc1ccc2c(c1)C(C(=O)NC(C)(C)C)N(Cc1ccccc1-c1ccccn1)CCO2. The number of hydrogen-bond donors (Lipinski definition) is 1. The molecule has 1 N–H and O–H groups in total. The molecule has 1 atom stereocenters. The van der Waals surface area contributed by atoms with Gasteiger partial charge < -0.3 is 14.8 Å². The lowest BCUT2D eigenvalue weighted by Crippen LogP contribution is -2.47. The molecule has 1 unspecified atom stereocenters. The van der Waals surface area contributed by atoms with E-state index in [1.165, 1.54) is 0 Å². The number of fused-ring (bicyclic) bond motifs is 1. The molecule has 0 fully saturated rings. The van der Waals surface area contributed by atoms with E-state index in [4.69, 9.17) is 9.47 Å². The molecule has 4 rings (SSSR count). The highest BCUT2D eigenvalue weighted by Crippen LogP contribution is 2.37. The van der Waals surface area contributed by atoms with Crippen LogP contribution >= 0.6 is 0 Å². The first-order chi connectivity index (χ1) is 15.9. The van der Waals surface area contributed by atoms with E-state index in [-0.39, 0.29) is 11.4 Å². The summed E-state index contributed by atoms with van der Waals surface area (Å²) in [7, 11) is 1.63. The number of methoxy groups -OCH3 is 1. The third-order valence-corrected chi connectivity index (χ3v) is 5.59. The number of hydrogen-bond acceptors (Lipinski definition) is 5. The summed E-state index contributed by atoms with van der Waals surface area (Å²) in [4.78, 5) is 20.3. The van der Waals surface area contributed by atoms with E-state index in [9.17, 15) is 4.79 Å². The van der Waals surface area contributed by atoms with E-state index in [0.717, 1.165) is 22.4 Å². The second-order valence-electron chi connectivity index (χ2n) is 9.24. The number of carbonyl (C=O) groups is 1. The lowest BCUT2D eigenvalue weighted by Gasteiger charge is -2.32. The highest BCUT2D eigenvalue weighted by atomic mass is 16.5. The fraction of sp³-hybridized carbons (Fsp3) is 0.333. The van der Waals surface area contributed by atoms with E-state index in [0.29, 0.717) is 31.2 Å². The molecule has 0 spiro atoms. The molecule has 3 aromatic rings. The Kier molecular flexibility index (Phi) is 6.65. The zero-order valence-corrected chi connectivity index (χ0v) is 19.7. The van der Waals surface area contributed by atoms with E-state index < -0.39 is 6.04 Å². The van der Waals surface area contributed by atoms with Crippen molar-refractivity contribution >= 4 is 5.91 Å². The summed E-state index contributed by atoms with van der Waals surface area (Å²) in [5, 5.41) is 3.17. The van der Waals surface area contributed by atoms with Crippen LogP contribution in [0.1, 0.15) is 37.9 Å². The number of nitrogens with one attached hydrogen (secondary N) is 1. The van der Waals surface area contributed by atoms with Gasteiger partial charge in [0.25, 0.3) is 0 Å². The van der Waals surface area contributed by atoms with Crippen LogP contribution in [0.2, 0.25) is 0 Å². The standard InChI is InChI=1S/C27H31N3O3/c1-27(2,3)29-26(31)25-22-17-20(32-4)12-13-24(22)33-16-15-30(25)18-19-9-5-6-10-21(19)23-11-7-8-14-28-23/h5-14,17,25H,15-16,18H2,1-4H3,(H,29,31). The number of pyridine rings is 1. The van der Waals surface area contributed by atoms with Gasteiger partial charge in [-0.1, -0.05) is 30.3 Å². The van der Waals surface area contributed by atoms with Crippen LogP contribution in [0.4, 0.5) is 0 Å². The highest BCUT2D eigenvalue weighted by Gasteiger charge is 2.35. The summed E-state index contributed by atoms with van der Waals surface area (Å²) in [5.74, 6) is 1.35. The van der Waals surface area contributed by atoms with Crippen molar-refractivity contribution in [1.82, 2.24) is 15.2 Å². The molecule has 0 radical (unpaired) electrons. The maximum absolute atomic E-state index is 13.6. The molecule has 1 aliphatic heterocycles. The van der Waals surface area contributed by atoms with Crippen molar-refractivity contribution in [2.45, 2.75) is 38.9 Å². The average Bonchev–Trinajstić information content (AvgIpc) is 2.97. The van der Waals surface area contributed by atoms with Crippen LogP contribution in [0, 0.1) is 0 Å². The molecule has 0 saturated heterocycles. The van der Waals surface area contributed by atoms with Crippen LogP contribution in [0.3, 0.4) is 0 Å². The van der Waals surface area contributed by atoms with Gasteiger partial charge >= 0.3 is 0 Å². The largest absolute Gasteiger partial charge is 0.497 e. The van der Waals surface area contributed by atoms with Gasteiger partial charge in [0.05, 0.1) is 12.8 Å². The van der Waals surface area contributed by atoms with Gasteiger partial charge in [0.1, 0.15) is 24.1 Å². The van der Waals surface area contributed by atoms with Crippen LogP contribution in [-0.4, -0.2) is 41.6 Å². The summed E-state index contributed by atoms with van der Waals surface area (Å²) in [6.07, 6.45) is 1.80. The molecule has 6 nitrogen and oxygen atoms in total. The highest BCUT2D eigenvalue weighted by molar-refractivity contribution is 5.85. The van der Waals surface area contributed by atoms with Gasteiger partial charge in [0, 0.05) is 36.0 Å². The molecule has 172 valence electrons. The average molecular weight is 446 g/mol. The topological polar surface area (TPSA) is 63.7 Å². The fourth-order valence-corrected chi connectivity index (χ4v) is 4.16. The van der Waals surface area contributed by atoms with Crippen molar-refractivity contribution in [3.05, 3.63) is 78.0 Å². The number of carbonyl (C=O) groups excluding carboxylic acids is 1. The zero-order chi connectivity index (χ0) is 23.4. The van der Waals surface area contributed by atoms with Crippen molar-refractivity contribution in [2.75, 3.05) is 20.3 Å². The van der Waals surface area contributed by atoms with E-state index in [2.05, 4.69) is 27.3 Å². The van der Waals surface area contributed by atoms with E-state index in [1.807, 2.05) is 69.3 Å². The summed E-state index contributed by atoms with van der Waals surface area (Å²) < 4.78 is 11.5. The zero-order valence-electron chi connectivity index (χ0n) is 19.7. The third-order valence-electron chi connectivity index (χ3n) is 5.59. The minimum Gasteiger partial charge on any atom is -0.497 e. The van der Waals surface area contributed by atoms with E-state index >= 15 is 0 Å².